The monoisotopic (exact) mass is 403 g/mol. The first-order valence-corrected chi connectivity index (χ1v) is 11.8. The van der Waals surface area contributed by atoms with Crippen molar-refractivity contribution in [2.75, 3.05) is 19.6 Å². The number of aromatic nitrogens is 1. The Morgan fingerprint density at radius 3 is 2.18 bits per heavy atom. The van der Waals surface area contributed by atoms with Gasteiger partial charge in [-0.25, -0.2) is 13.1 Å². The Bertz CT molecular complexity index is 848. The van der Waals surface area contributed by atoms with Crippen molar-refractivity contribution >= 4 is 10.0 Å². The van der Waals surface area contributed by atoms with Gasteiger partial charge in [0, 0.05) is 25.5 Å². The summed E-state index contributed by atoms with van der Waals surface area (Å²) in [5.41, 5.74) is 2.30. The number of rotatable bonds is 7. The van der Waals surface area contributed by atoms with E-state index in [4.69, 9.17) is 0 Å². The largest absolute Gasteiger partial charge is 0.353 e. The molecule has 1 aromatic heterocycles. The Labute approximate surface area is 169 Å². The molecule has 5 nitrogen and oxygen atoms in total. The molecule has 0 spiro atoms. The molecule has 1 aliphatic rings. The molecule has 0 bridgehead atoms. The van der Waals surface area contributed by atoms with Crippen LogP contribution in [0.25, 0.3) is 0 Å². The number of aryl methyl sites for hydroxylation is 1. The lowest BCUT2D eigenvalue weighted by Crippen LogP contribution is -2.39. The Morgan fingerprint density at radius 2 is 1.64 bits per heavy atom. The summed E-state index contributed by atoms with van der Waals surface area (Å²) in [7, 11) is -1.51. The summed E-state index contributed by atoms with van der Waals surface area (Å²) in [6.07, 6.45) is 6.88. The number of hydrogen-bond donors (Lipinski definition) is 1. The highest BCUT2D eigenvalue weighted by Gasteiger charge is 2.25. The van der Waals surface area contributed by atoms with Gasteiger partial charge in [0.15, 0.2) is 0 Å². The predicted octanol–water partition coefficient (Wildman–Crippen LogP) is 4.04. The molecule has 2 heterocycles. The van der Waals surface area contributed by atoms with Crippen LogP contribution in [0.3, 0.4) is 0 Å². The van der Waals surface area contributed by atoms with Crippen molar-refractivity contribution in [2.45, 2.75) is 56.4 Å². The second-order valence-electron chi connectivity index (χ2n) is 8.09. The lowest BCUT2D eigenvalue weighted by atomic mass is 10.0. The Kier molecular flexibility index (Phi) is 6.96. The van der Waals surface area contributed by atoms with Crippen LogP contribution in [0.15, 0.2) is 47.5 Å². The summed E-state index contributed by atoms with van der Waals surface area (Å²) in [4.78, 5) is 2.77. The summed E-state index contributed by atoms with van der Waals surface area (Å²) >= 11 is 0. The van der Waals surface area contributed by atoms with Crippen molar-refractivity contribution in [1.29, 1.82) is 0 Å². The van der Waals surface area contributed by atoms with Crippen molar-refractivity contribution in [3.05, 3.63) is 53.9 Å². The molecule has 1 unspecified atom stereocenters. The fourth-order valence-electron chi connectivity index (χ4n) is 3.95. The Morgan fingerprint density at radius 1 is 1.00 bits per heavy atom. The van der Waals surface area contributed by atoms with E-state index in [1.54, 1.807) is 12.1 Å². The molecule has 28 heavy (non-hydrogen) atoms. The first-order chi connectivity index (χ1) is 13.4. The molecule has 3 rings (SSSR count). The molecular formula is C22H33N3O2S. The molecule has 154 valence electrons. The van der Waals surface area contributed by atoms with Gasteiger partial charge in [0.05, 0.1) is 10.9 Å². The molecule has 0 amide bonds. The number of nitrogens with zero attached hydrogens (tertiary/aromatic N) is 2. The zero-order chi connectivity index (χ0) is 20.1. The van der Waals surface area contributed by atoms with Gasteiger partial charge < -0.3 is 4.57 Å². The fourth-order valence-corrected chi connectivity index (χ4v) is 4.99. The molecular weight excluding hydrogens is 370 g/mol. The Balaban J connectivity index is 1.77. The van der Waals surface area contributed by atoms with Gasteiger partial charge in [-0.15, -0.1) is 0 Å². The van der Waals surface area contributed by atoms with Crippen LogP contribution in [0.1, 0.15) is 62.7 Å². The summed E-state index contributed by atoms with van der Waals surface area (Å²) in [6.45, 7) is 6.62. The first kappa shape index (κ1) is 21.1. The number of sulfonamides is 1. The SMILES string of the molecule is CC(C)c1ccc(S(=O)(=O)NCC(c2cccn2C)N2CCCCCC2)cc1. The predicted molar refractivity (Wildman–Crippen MR) is 114 cm³/mol. The maximum atomic E-state index is 12.9. The molecule has 1 atom stereocenters. The van der Waals surface area contributed by atoms with E-state index in [2.05, 4.69) is 34.1 Å². The third-order valence-electron chi connectivity index (χ3n) is 5.73. The van der Waals surface area contributed by atoms with Gasteiger partial charge in [0.1, 0.15) is 0 Å². The second-order valence-corrected chi connectivity index (χ2v) is 9.85. The minimum atomic E-state index is -3.54. The van der Waals surface area contributed by atoms with Gasteiger partial charge in [-0.2, -0.15) is 0 Å². The quantitative estimate of drug-likeness (QED) is 0.759. The lowest BCUT2D eigenvalue weighted by molar-refractivity contribution is 0.199. The number of likely N-dealkylation sites (tertiary alicyclic amines) is 1. The van der Waals surface area contributed by atoms with Gasteiger partial charge >= 0.3 is 0 Å². The zero-order valence-corrected chi connectivity index (χ0v) is 18.1. The van der Waals surface area contributed by atoms with Crippen LogP contribution in [0.2, 0.25) is 0 Å². The van der Waals surface area contributed by atoms with E-state index >= 15 is 0 Å². The van der Waals surface area contributed by atoms with E-state index < -0.39 is 10.0 Å². The molecule has 1 saturated heterocycles. The second kappa shape index (κ2) is 9.25. The van der Waals surface area contributed by atoms with Crippen LogP contribution in [-0.2, 0) is 17.1 Å². The van der Waals surface area contributed by atoms with E-state index in [-0.39, 0.29) is 6.04 Å². The van der Waals surface area contributed by atoms with E-state index in [9.17, 15) is 8.42 Å². The third-order valence-corrected chi connectivity index (χ3v) is 7.17. The van der Waals surface area contributed by atoms with Crippen molar-refractivity contribution in [3.63, 3.8) is 0 Å². The van der Waals surface area contributed by atoms with Crippen molar-refractivity contribution < 1.29 is 8.42 Å². The fraction of sp³-hybridized carbons (Fsp3) is 0.545. The van der Waals surface area contributed by atoms with Crippen molar-refractivity contribution in [1.82, 2.24) is 14.2 Å². The maximum absolute atomic E-state index is 12.9. The molecule has 0 saturated carbocycles. The minimum absolute atomic E-state index is 0.0443. The van der Waals surface area contributed by atoms with Crippen molar-refractivity contribution in [2.24, 2.45) is 7.05 Å². The number of benzene rings is 1. The molecule has 6 heteroatoms. The molecule has 1 aliphatic heterocycles. The van der Waals surface area contributed by atoms with E-state index in [0.717, 1.165) is 24.3 Å². The highest BCUT2D eigenvalue weighted by Crippen LogP contribution is 2.25. The summed E-state index contributed by atoms with van der Waals surface area (Å²) in [5.74, 6) is 0.384. The number of hydrogen-bond acceptors (Lipinski definition) is 3. The van der Waals surface area contributed by atoms with E-state index in [1.165, 1.54) is 25.7 Å². The minimum Gasteiger partial charge on any atom is -0.353 e. The normalized spacial score (nSPS) is 17.6. The molecule has 2 aromatic rings. The molecule has 0 aliphatic carbocycles. The van der Waals surface area contributed by atoms with Gasteiger partial charge in [0.2, 0.25) is 10.0 Å². The van der Waals surface area contributed by atoms with E-state index in [0.29, 0.717) is 17.4 Å². The highest BCUT2D eigenvalue weighted by atomic mass is 32.2. The average molecular weight is 404 g/mol. The topological polar surface area (TPSA) is 54.3 Å². The van der Waals surface area contributed by atoms with Crippen LogP contribution in [0, 0.1) is 0 Å². The highest BCUT2D eigenvalue weighted by molar-refractivity contribution is 7.89. The zero-order valence-electron chi connectivity index (χ0n) is 17.3. The van der Waals surface area contributed by atoms with Gasteiger partial charge in [0.25, 0.3) is 0 Å². The van der Waals surface area contributed by atoms with Gasteiger partial charge in [-0.1, -0.05) is 38.8 Å². The van der Waals surface area contributed by atoms with Crippen LogP contribution in [0.5, 0.6) is 0 Å². The summed E-state index contributed by atoms with van der Waals surface area (Å²) in [6, 6.07) is 11.4. The summed E-state index contributed by atoms with van der Waals surface area (Å²) < 4.78 is 30.7. The third kappa shape index (κ3) is 5.04. The molecule has 1 N–H and O–H groups in total. The van der Waals surface area contributed by atoms with Gasteiger partial charge in [-0.05, 0) is 61.7 Å². The Hall–Kier alpha value is -1.63. The van der Waals surface area contributed by atoms with Crippen LogP contribution in [-0.4, -0.2) is 37.5 Å². The summed E-state index contributed by atoms with van der Waals surface area (Å²) in [5, 5.41) is 0. The first-order valence-electron chi connectivity index (χ1n) is 10.3. The molecule has 0 radical (unpaired) electrons. The standard InChI is InChI=1S/C22H33N3O2S/c1-18(2)19-10-12-20(13-11-19)28(26,27)23-17-22(21-9-8-14-24(21)3)25-15-6-4-5-7-16-25/h8-14,18,22-23H,4-7,15-17H2,1-3H3. The van der Waals surface area contributed by atoms with Crippen molar-refractivity contribution in [3.8, 4) is 0 Å². The van der Waals surface area contributed by atoms with Gasteiger partial charge in [-0.3, -0.25) is 4.90 Å². The van der Waals surface area contributed by atoms with Crippen LogP contribution < -0.4 is 4.72 Å². The molecule has 1 aromatic carbocycles. The van der Waals surface area contributed by atoms with Crippen LogP contribution >= 0.6 is 0 Å². The average Bonchev–Trinajstić information content (AvgIpc) is 2.92. The molecule has 1 fully saturated rings. The smallest absolute Gasteiger partial charge is 0.240 e. The maximum Gasteiger partial charge on any atom is 0.240 e. The van der Waals surface area contributed by atoms with Crippen LogP contribution in [0.4, 0.5) is 0 Å². The lowest BCUT2D eigenvalue weighted by Gasteiger charge is -2.31. The van der Waals surface area contributed by atoms with E-state index in [1.807, 2.05) is 31.4 Å². The number of nitrogens with one attached hydrogen (secondary N) is 1.